The topological polar surface area (TPSA) is 73.6 Å². The van der Waals surface area contributed by atoms with Crippen molar-refractivity contribution < 1.29 is 4.79 Å². The molecule has 0 unspecified atom stereocenters. The van der Waals surface area contributed by atoms with Gasteiger partial charge < -0.3 is 15.3 Å². The van der Waals surface area contributed by atoms with Crippen LogP contribution in [0.2, 0.25) is 0 Å². The minimum absolute atomic E-state index is 0.0132. The molecule has 2 aromatic heterocycles. The highest BCUT2D eigenvalue weighted by Crippen LogP contribution is 2.15. The molecule has 0 spiro atoms. The maximum absolute atomic E-state index is 11.7. The molecule has 1 aromatic carbocycles. The first-order chi connectivity index (χ1) is 10.3. The molecule has 0 saturated carbocycles. The molecule has 1 amide bonds. The number of fused-ring (bicyclic) bond motifs is 1. The number of carbonyl (C=O) groups excluding carboxylic acids is 1. The number of rotatable bonds is 5. The van der Waals surface area contributed by atoms with Crippen molar-refractivity contribution in [3.8, 4) is 0 Å². The number of hydrogen-bond acceptors (Lipinski definition) is 3. The van der Waals surface area contributed by atoms with Crippen LogP contribution < -0.4 is 5.32 Å². The van der Waals surface area contributed by atoms with E-state index in [2.05, 4.69) is 38.5 Å². The Morgan fingerprint density at radius 2 is 2.19 bits per heavy atom. The van der Waals surface area contributed by atoms with E-state index in [0.29, 0.717) is 12.3 Å². The lowest BCUT2D eigenvalue weighted by molar-refractivity contribution is 0.261. The van der Waals surface area contributed by atoms with Gasteiger partial charge in [-0.2, -0.15) is 0 Å². The fraction of sp³-hybridized carbons (Fsp3) is 0.200. The van der Waals surface area contributed by atoms with Gasteiger partial charge in [-0.25, -0.2) is 4.98 Å². The van der Waals surface area contributed by atoms with E-state index in [1.54, 1.807) is 12.5 Å². The van der Waals surface area contributed by atoms with Crippen molar-refractivity contribution in [1.29, 1.82) is 0 Å². The predicted molar refractivity (Wildman–Crippen MR) is 85.3 cm³/mol. The maximum Gasteiger partial charge on any atom is 0.279 e. The number of H-pyrrole nitrogens is 2. The largest absolute Gasteiger partial charge is 0.358 e. The van der Waals surface area contributed by atoms with Gasteiger partial charge in [0.1, 0.15) is 0 Å². The van der Waals surface area contributed by atoms with Gasteiger partial charge in [-0.3, -0.25) is 4.79 Å². The van der Waals surface area contributed by atoms with E-state index in [4.69, 9.17) is 0 Å². The van der Waals surface area contributed by atoms with Gasteiger partial charge in [0, 0.05) is 41.8 Å². The molecule has 3 rings (SSSR count). The molecular formula is C15H16N4OS. The number of nitrogens with zero attached hydrogens (tertiary/aromatic N) is 1. The maximum atomic E-state index is 11.7. The normalized spacial score (nSPS) is 10.9. The summed E-state index contributed by atoms with van der Waals surface area (Å²) in [4.78, 5) is 22.0. The van der Waals surface area contributed by atoms with Crippen molar-refractivity contribution >= 4 is 27.9 Å². The van der Waals surface area contributed by atoms with Gasteiger partial charge in [0.2, 0.25) is 0 Å². The molecule has 6 heteroatoms. The number of aromatic nitrogens is 3. The molecule has 0 radical (unpaired) electrons. The lowest BCUT2D eigenvalue weighted by Crippen LogP contribution is -2.21. The third kappa shape index (κ3) is 3.66. The van der Waals surface area contributed by atoms with Gasteiger partial charge in [-0.1, -0.05) is 30.0 Å². The van der Waals surface area contributed by atoms with Crippen molar-refractivity contribution in [1.82, 2.24) is 20.3 Å². The average Bonchev–Trinajstić information content (AvgIpc) is 3.14. The molecule has 2 heterocycles. The molecule has 3 N–H and O–H groups in total. The lowest BCUT2D eigenvalue weighted by atomic mass is 10.2. The van der Waals surface area contributed by atoms with Crippen LogP contribution in [0.1, 0.15) is 11.4 Å². The van der Waals surface area contributed by atoms with Crippen LogP contribution in [-0.4, -0.2) is 26.7 Å². The van der Waals surface area contributed by atoms with Crippen molar-refractivity contribution in [2.75, 3.05) is 6.54 Å². The summed E-state index contributed by atoms with van der Waals surface area (Å²) in [6.45, 7) is 0.627. The van der Waals surface area contributed by atoms with E-state index < -0.39 is 0 Å². The Morgan fingerprint density at radius 3 is 3.00 bits per heavy atom. The fourth-order valence-electron chi connectivity index (χ4n) is 2.13. The predicted octanol–water partition coefficient (Wildman–Crippen LogP) is 3.08. The highest BCUT2D eigenvalue weighted by Gasteiger charge is 2.04. The number of thioether (sulfide) groups is 1. The van der Waals surface area contributed by atoms with Gasteiger partial charge in [-0.05, 0) is 17.5 Å². The highest BCUT2D eigenvalue weighted by atomic mass is 32.2. The van der Waals surface area contributed by atoms with Crippen LogP contribution in [-0.2, 0) is 12.2 Å². The smallest absolute Gasteiger partial charge is 0.279 e. The molecule has 5 nitrogen and oxygen atoms in total. The van der Waals surface area contributed by atoms with Crippen LogP contribution in [0.25, 0.3) is 10.9 Å². The van der Waals surface area contributed by atoms with Crippen molar-refractivity contribution in [3.63, 3.8) is 0 Å². The Labute approximate surface area is 126 Å². The summed E-state index contributed by atoms with van der Waals surface area (Å²) in [6, 6.07) is 10.3. The zero-order valence-electron chi connectivity index (χ0n) is 11.4. The summed E-state index contributed by atoms with van der Waals surface area (Å²) in [5.41, 5.74) is 3.22. The van der Waals surface area contributed by atoms with Crippen LogP contribution in [0.3, 0.4) is 0 Å². The van der Waals surface area contributed by atoms with Gasteiger partial charge >= 0.3 is 0 Å². The van der Waals surface area contributed by atoms with Crippen molar-refractivity contribution in [2.45, 2.75) is 12.2 Å². The van der Waals surface area contributed by atoms with Crippen LogP contribution in [0, 0.1) is 0 Å². The summed E-state index contributed by atoms with van der Waals surface area (Å²) in [5.74, 6) is 0.609. The lowest BCUT2D eigenvalue weighted by Gasteiger charge is -2.03. The number of carbonyl (C=O) groups is 1. The van der Waals surface area contributed by atoms with Crippen molar-refractivity contribution in [3.05, 3.63) is 54.2 Å². The summed E-state index contributed by atoms with van der Waals surface area (Å²) in [7, 11) is 0. The third-order valence-corrected chi connectivity index (χ3v) is 4.02. The van der Waals surface area contributed by atoms with E-state index >= 15 is 0 Å². The molecule has 0 saturated heterocycles. The minimum atomic E-state index is -0.0132. The molecule has 3 aromatic rings. The first-order valence-corrected chi connectivity index (χ1v) is 7.74. The monoisotopic (exact) mass is 300 g/mol. The molecule has 108 valence electrons. The highest BCUT2D eigenvalue weighted by molar-refractivity contribution is 8.12. The molecule has 0 aliphatic rings. The Kier molecular flexibility index (Phi) is 4.25. The van der Waals surface area contributed by atoms with Crippen LogP contribution in [0.4, 0.5) is 4.79 Å². The molecule has 0 bridgehead atoms. The van der Waals surface area contributed by atoms with Crippen LogP contribution in [0.15, 0.2) is 42.9 Å². The fourth-order valence-corrected chi connectivity index (χ4v) is 2.77. The number of nitrogens with one attached hydrogen (secondary N) is 3. The number of hydrogen-bond donors (Lipinski definition) is 3. The average molecular weight is 300 g/mol. The van der Waals surface area contributed by atoms with E-state index in [1.807, 2.05) is 12.1 Å². The SMILES string of the molecule is O=C(NCCc1cc2ccccc2[nH]1)SCc1cnc[nH]1. The standard InChI is InChI=1S/C15H16N4OS/c20-15(21-9-13-8-16-10-18-13)17-6-5-12-7-11-3-1-2-4-14(11)19-12/h1-4,7-8,10,19H,5-6,9H2,(H,16,18)(H,17,20). The molecule has 0 atom stereocenters. The Morgan fingerprint density at radius 1 is 1.29 bits per heavy atom. The van der Waals surface area contributed by atoms with E-state index in [0.717, 1.165) is 23.3 Å². The first-order valence-electron chi connectivity index (χ1n) is 6.76. The van der Waals surface area contributed by atoms with Gasteiger partial charge in [-0.15, -0.1) is 0 Å². The second kappa shape index (κ2) is 6.49. The summed E-state index contributed by atoms with van der Waals surface area (Å²) < 4.78 is 0. The summed E-state index contributed by atoms with van der Waals surface area (Å²) in [6.07, 6.45) is 4.14. The molecule has 21 heavy (non-hydrogen) atoms. The zero-order valence-corrected chi connectivity index (χ0v) is 12.2. The third-order valence-electron chi connectivity index (χ3n) is 3.16. The Balaban J connectivity index is 1.44. The first kappa shape index (κ1) is 13.8. The quantitative estimate of drug-likeness (QED) is 0.678. The van der Waals surface area contributed by atoms with Gasteiger partial charge in [0.05, 0.1) is 6.33 Å². The van der Waals surface area contributed by atoms with Crippen LogP contribution in [0.5, 0.6) is 0 Å². The second-order valence-electron chi connectivity index (χ2n) is 4.71. The summed E-state index contributed by atoms with van der Waals surface area (Å²) in [5, 5.41) is 4.10. The van der Waals surface area contributed by atoms with Crippen LogP contribution >= 0.6 is 11.8 Å². The summed E-state index contributed by atoms with van der Waals surface area (Å²) >= 11 is 1.24. The number of aromatic amines is 2. The van der Waals surface area contributed by atoms with E-state index in [1.165, 1.54) is 17.1 Å². The van der Waals surface area contributed by atoms with Gasteiger partial charge in [0.25, 0.3) is 5.24 Å². The minimum Gasteiger partial charge on any atom is -0.358 e. The number of para-hydroxylation sites is 1. The molecular weight excluding hydrogens is 284 g/mol. The Bertz CT molecular complexity index is 687. The van der Waals surface area contributed by atoms with Crippen molar-refractivity contribution in [2.24, 2.45) is 0 Å². The molecule has 0 fully saturated rings. The molecule has 0 aliphatic heterocycles. The zero-order chi connectivity index (χ0) is 14.5. The number of imidazole rings is 1. The van der Waals surface area contributed by atoms with E-state index in [9.17, 15) is 4.79 Å². The number of benzene rings is 1. The van der Waals surface area contributed by atoms with Gasteiger partial charge in [0.15, 0.2) is 0 Å². The Hall–Kier alpha value is -2.21. The number of amides is 1. The second-order valence-corrected chi connectivity index (χ2v) is 5.66. The van der Waals surface area contributed by atoms with E-state index in [-0.39, 0.29) is 5.24 Å². The molecule has 0 aliphatic carbocycles.